The summed E-state index contributed by atoms with van der Waals surface area (Å²) < 4.78 is 2.43. The first kappa shape index (κ1) is 43.9. The predicted molar refractivity (Wildman–Crippen MR) is 93.7 cm³/mol. The summed E-state index contributed by atoms with van der Waals surface area (Å²) in [5, 5.41) is 0. The monoisotopic (exact) mass is 674 g/mol. The molecule has 22 heavy (non-hydrogen) atoms. The second-order valence-electron chi connectivity index (χ2n) is 6.14. The topological polar surface area (TPSA) is 0 Å². The summed E-state index contributed by atoms with van der Waals surface area (Å²) in [4.78, 5) is 0. The number of quaternary nitrogens is 2. The van der Waals surface area contributed by atoms with Crippen LogP contribution >= 0.6 is 0 Å². The third-order valence-corrected chi connectivity index (χ3v) is 3.79. The van der Waals surface area contributed by atoms with Gasteiger partial charge in [0.05, 0.1) is 53.9 Å². The third-order valence-electron chi connectivity index (χ3n) is 3.79. The van der Waals surface area contributed by atoms with Crippen molar-refractivity contribution in [2.45, 2.75) is 62.3 Å². The Balaban J connectivity index is -0.0000000750. The maximum atomic E-state index is 2.35. The van der Waals surface area contributed by atoms with Gasteiger partial charge in [-0.2, -0.15) is 0 Å². The molecule has 0 aromatic carbocycles. The van der Waals surface area contributed by atoms with Crippen LogP contribution < -0.4 is 34.0 Å². The van der Waals surface area contributed by atoms with Crippen molar-refractivity contribution < 1.29 is 74.0 Å². The Labute approximate surface area is 188 Å². The summed E-state index contributed by atoms with van der Waals surface area (Å²) in [6, 6.07) is 0. The van der Waals surface area contributed by atoms with Crippen molar-refractivity contribution in [2.75, 3.05) is 53.9 Å². The summed E-state index contributed by atoms with van der Waals surface area (Å²) in [6.45, 7) is 13.6. The van der Waals surface area contributed by atoms with Gasteiger partial charge in [-0.1, -0.05) is 35.6 Å². The number of rotatable bonds is 9. The smallest absolute Gasteiger partial charge is 0.0840 e. The first-order valence-electron chi connectivity index (χ1n) is 7.04. The van der Waals surface area contributed by atoms with Crippen molar-refractivity contribution in [2.24, 2.45) is 0 Å². The van der Waals surface area contributed by atoms with E-state index < -0.39 is 0 Å². The van der Waals surface area contributed by atoms with Gasteiger partial charge in [-0.15, -0.1) is 0 Å². The van der Waals surface area contributed by atoms with Gasteiger partial charge in [0.15, 0.2) is 0 Å². The number of nitrogens with zero attached hydrogens (tertiary/aromatic N) is 2. The molecule has 0 aliphatic carbocycles. The van der Waals surface area contributed by atoms with Crippen LogP contribution in [0, 0.1) is 31.1 Å². The molecule has 0 unspecified atom stereocenters. The largest absolute Gasteiger partial charge is 1.00 e. The predicted octanol–water partition coefficient (Wildman–Crippen LogP) is -1.34. The Hall–Kier alpha value is 1.93. The molecule has 142 valence electrons. The molecule has 2 nitrogen and oxygen atoms in total. The van der Waals surface area contributed by atoms with E-state index >= 15 is 0 Å². The van der Waals surface area contributed by atoms with E-state index in [9.17, 15) is 0 Å². The molecule has 0 aliphatic heterocycles. The molecule has 0 aliphatic rings. The summed E-state index contributed by atoms with van der Waals surface area (Å²) in [5.74, 6) is 0. The molecule has 0 bridgehead atoms. The average molecular weight is 676 g/mol. The summed E-state index contributed by atoms with van der Waals surface area (Å²) >= 11 is 0. The number of hydrogen-bond donors (Lipinski definition) is 0. The number of halogens is 2. The Morgan fingerprint density at radius 2 is 1.00 bits per heavy atom. The Kier molecular flexibility index (Phi) is 45.8. The zero-order valence-corrected chi connectivity index (χ0v) is 21.1. The summed E-state index contributed by atoms with van der Waals surface area (Å²) in [5.41, 5.74) is 0. The van der Waals surface area contributed by atoms with Crippen molar-refractivity contribution in [3.05, 3.63) is 0 Å². The van der Waals surface area contributed by atoms with Crippen molar-refractivity contribution in [1.29, 1.82) is 0 Å². The zero-order chi connectivity index (χ0) is 12.7. The minimum Gasteiger partial charge on any atom is -1.00 e. The molecule has 0 aromatic rings. The van der Waals surface area contributed by atoms with Crippen LogP contribution in [0.3, 0.4) is 0 Å². The van der Waals surface area contributed by atoms with Crippen LogP contribution in [0.1, 0.15) is 62.3 Å². The van der Waals surface area contributed by atoms with E-state index in [2.05, 4.69) is 41.9 Å². The SMILES string of the molecule is C.C.C.CCCC[N+](CC)(CC)CCC[N+](C)(C)C.[Br-].[Br-].[U]. The molecule has 0 aromatic heterocycles. The second-order valence-corrected chi connectivity index (χ2v) is 6.14. The van der Waals surface area contributed by atoms with Crippen LogP contribution in [0.15, 0.2) is 0 Å². The molecule has 0 saturated heterocycles. The van der Waals surface area contributed by atoms with Gasteiger partial charge < -0.3 is 42.9 Å². The van der Waals surface area contributed by atoms with Gasteiger partial charge in [0.1, 0.15) is 0 Å². The minimum atomic E-state index is 0. The van der Waals surface area contributed by atoms with Crippen LogP contribution in [-0.4, -0.2) is 62.8 Å². The van der Waals surface area contributed by atoms with Gasteiger partial charge in [0.25, 0.3) is 0 Å². The summed E-state index contributed by atoms with van der Waals surface area (Å²) in [6.07, 6.45) is 4.07. The Morgan fingerprint density at radius 1 is 0.636 bits per heavy atom. The van der Waals surface area contributed by atoms with E-state index in [0.29, 0.717) is 0 Å². The molecule has 0 heterocycles. The van der Waals surface area contributed by atoms with Crippen LogP contribution in [-0.2, 0) is 0 Å². The van der Waals surface area contributed by atoms with Crippen molar-refractivity contribution in [1.82, 2.24) is 0 Å². The Bertz CT molecular complexity index is 182. The van der Waals surface area contributed by atoms with Gasteiger partial charge in [0.2, 0.25) is 0 Å². The third kappa shape index (κ3) is 21.9. The van der Waals surface area contributed by atoms with Gasteiger partial charge in [-0.3, -0.25) is 0 Å². The first-order chi connectivity index (χ1) is 7.39. The normalized spacial score (nSPS) is 9.55. The first-order valence-corrected chi connectivity index (χ1v) is 7.04. The van der Waals surface area contributed by atoms with E-state index in [-0.39, 0.29) is 87.4 Å². The molecule has 0 fully saturated rings. The molecule has 5 heteroatoms. The van der Waals surface area contributed by atoms with Crippen LogP contribution in [0.4, 0.5) is 0 Å². The van der Waals surface area contributed by atoms with E-state index in [1.165, 1.54) is 56.5 Å². The van der Waals surface area contributed by atoms with E-state index in [4.69, 9.17) is 0 Å². The van der Waals surface area contributed by atoms with Gasteiger partial charge in [-0.25, -0.2) is 0 Å². The Morgan fingerprint density at radius 3 is 1.27 bits per heavy atom. The maximum Gasteiger partial charge on any atom is 0.0840 e. The van der Waals surface area contributed by atoms with Gasteiger partial charge in [-0.05, 0) is 20.3 Å². The molecule has 0 saturated carbocycles. The fourth-order valence-corrected chi connectivity index (χ4v) is 2.34. The van der Waals surface area contributed by atoms with Crippen LogP contribution in [0.2, 0.25) is 0 Å². The molecular weight excluding hydrogens is 630 g/mol. The molecule has 0 atom stereocenters. The van der Waals surface area contributed by atoms with Crippen LogP contribution in [0.25, 0.3) is 0 Å². The van der Waals surface area contributed by atoms with Crippen molar-refractivity contribution >= 4 is 0 Å². The van der Waals surface area contributed by atoms with Crippen molar-refractivity contribution in [3.63, 3.8) is 0 Å². The van der Waals surface area contributed by atoms with E-state index in [0.717, 1.165) is 4.48 Å². The molecule has 0 amide bonds. The van der Waals surface area contributed by atoms with Crippen molar-refractivity contribution in [3.8, 4) is 0 Å². The average Bonchev–Trinajstić information content (AvgIpc) is 2.22. The molecule has 0 spiro atoms. The van der Waals surface area contributed by atoms with Gasteiger partial charge in [0, 0.05) is 37.5 Å². The van der Waals surface area contributed by atoms with Gasteiger partial charge >= 0.3 is 0 Å². The molecular formula is C17H46Br2N2U. The molecule has 0 radical (unpaired) electrons. The number of unbranched alkanes of at least 4 members (excludes halogenated alkanes) is 1. The second kappa shape index (κ2) is 22.9. The van der Waals surface area contributed by atoms with E-state index in [1.807, 2.05) is 0 Å². The fraction of sp³-hybridized carbons (Fsp3) is 1.00. The molecule has 0 N–H and O–H groups in total. The zero-order valence-electron chi connectivity index (χ0n) is 13.8. The maximum absolute atomic E-state index is 2.35. The molecule has 0 rings (SSSR count). The van der Waals surface area contributed by atoms with Crippen LogP contribution in [0.5, 0.6) is 0 Å². The standard InChI is InChI=1S/C14H34N2.3CH4.2BrH.U/c1-7-10-13-16(8-2,9-3)14-11-12-15(4,5)6;;;;;;/h7-14H2,1-6H3;3*1H4;2*1H;/q+2;;;;;;/p-2. The number of hydrogen-bond acceptors (Lipinski definition) is 0. The van der Waals surface area contributed by atoms with E-state index in [1.54, 1.807) is 0 Å². The summed E-state index contributed by atoms with van der Waals surface area (Å²) in [7, 11) is 6.87. The minimum absolute atomic E-state index is 0. The fourth-order valence-electron chi connectivity index (χ4n) is 2.34. The quantitative estimate of drug-likeness (QED) is 0.266.